The van der Waals surface area contributed by atoms with Gasteiger partial charge in [-0.05, 0) is 31.8 Å². The summed E-state index contributed by atoms with van der Waals surface area (Å²) in [5, 5.41) is 8.30. The summed E-state index contributed by atoms with van der Waals surface area (Å²) in [6.45, 7) is 5.45. The molecule has 11 heavy (non-hydrogen) atoms. The highest BCUT2D eigenvalue weighted by Crippen LogP contribution is 2.06. The second kappa shape index (κ2) is 5.75. The van der Waals surface area contributed by atoms with E-state index in [1.54, 1.807) is 0 Å². The molecule has 2 heteroatoms. The number of unbranched alkanes of at least 4 members (excludes halogenated alkanes) is 1. The Kier molecular flexibility index (Phi) is 5.22. The SMILES string of the molecule is C=C=C(C)CCCCC(=O)O. The summed E-state index contributed by atoms with van der Waals surface area (Å²) < 4.78 is 0. The smallest absolute Gasteiger partial charge is 0.303 e. The third-order valence-electron chi connectivity index (χ3n) is 1.49. The average molecular weight is 154 g/mol. The summed E-state index contributed by atoms with van der Waals surface area (Å²) in [5.41, 5.74) is 3.88. The van der Waals surface area contributed by atoms with Crippen LogP contribution in [0.3, 0.4) is 0 Å². The Hall–Kier alpha value is -1.01. The Morgan fingerprint density at radius 1 is 1.45 bits per heavy atom. The maximum Gasteiger partial charge on any atom is 0.303 e. The van der Waals surface area contributed by atoms with Gasteiger partial charge in [-0.3, -0.25) is 4.79 Å². The molecule has 0 saturated carbocycles. The van der Waals surface area contributed by atoms with Crippen molar-refractivity contribution < 1.29 is 9.90 Å². The largest absolute Gasteiger partial charge is 0.481 e. The zero-order valence-corrected chi connectivity index (χ0v) is 6.89. The van der Waals surface area contributed by atoms with E-state index in [1.807, 2.05) is 6.92 Å². The Morgan fingerprint density at radius 2 is 2.00 bits per heavy atom. The number of carboxylic acid groups (broad SMARTS) is 1. The van der Waals surface area contributed by atoms with Gasteiger partial charge in [-0.15, -0.1) is 5.73 Å². The van der Waals surface area contributed by atoms with E-state index in [0.717, 1.165) is 24.8 Å². The molecule has 0 unspecified atom stereocenters. The standard InChI is InChI=1S/C9H14O2/c1-3-8(2)6-4-5-7-9(10)11/h1,4-7H2,2H3,(H,10,11). The van der Waals surface area contributed by atoms with Gasteiger partial charge in [0.15, 0.2) is 0 Å². The first-order valence-electron chi connectivity index (χ1n) is 3.74. The monoisotopic (exact) mass is 154 g/mol. The lowest BCUT2D eigenvalue weighted by Gasteiger charge is -1.95. The minimum Gasteiger partial charge on any atom is -0.481 e. The molecule has 0 heterocycles. The molecule has 0 aliphatic rings. The molecule has 0 aromatic rings. The zero-order valence-electron chi connectivity index (χ0n) is 6.89. The molecule has 1 N–H and O–H groups in total. The summed E-state index contributed by atoms with van der Waals surface area (Å²) in [5.74, 6) is -0.717. The number of hydrogen-bond donors (Lipinski definition) is 1. The number of carboxylic acids is 1. The normalized spacial score (nSPS) is 8.82. The number of hydrogen-bond acceptors (Lipinski definition) is 1. The van der Waals surface area contributed by atoms with Crippen LogP contribution in [-0.4, -0.2) is 11.1 Å². The molecule has 2 nitrogen and oxygen atoms in total. The third-order valence-corrected chi connectivity index (χ3v) is 1.49. The zero-order chi connectivity index (χ0) is 8.69. The van der Waals surface area contributed by atoms with E-state index in [2.05, 4.69) is 12.3 Å². The van der Waals surface area contributed by atoms with Crippen LogP contribution in [0, 0.1) is 0 Å². The van der Waals surface area contributed by atoms with Gasteiger partial charge >= 0.3 is 5.97 Å². The molecule has 62 valence electrons. The molecule has 0 fully saturated rings. The van der Waals surface area contributed by atoms with Crippen molar-refractivity contribution in [3.8, 4) is 0 Å². The van der Waals surface area contributed by atoms with Gasteiger partial charge in [0.05, 0.1) is 0 Å². The third kappa shape index (κ3) is 6.88. The van der Waals surface area contributed by atoms with Crippen LogP contribution in [0.25, 0.3) is 0 Å². The van der Waals surface area contributed by atoms with Gasteiger partial charge in [-0.2, -0.15) is 0 Å². The van der Waals surface area contributed by atoms with E-state index in [1.165, 1.54) is 0 Å². The highest BCUT2D eigenvalue weighted by Gasteiger charge is 1.95. The van der Waals surface area contributed by atoms with E-state index < -0.39 is 5.97 Å². The predicted molar refractivity (Wildman–Crippen MR) is 44.4 cm³/mol. The fourth-order valence-corrected chi connectivity index (χ4v) is 0.755. The lowest BCUT2D eigenvalue weighted by atomic mass is 10.1. The van der Waals surface area contributed by atoms with Gasteiger partial charge in [-0.25, -0.2) is 0 Å². The maximum absolute atomic E-state index is 10.1. The number of aliphatic carboxylic acids is 1. The molecule has 0 bridgehead atoms. The maximum atomic E-state index is 10.1. The first-order valence-corrected chi connectivity index (χ1v) is 3.74. The van der Waals surface area contributed by atoms with E-state index in [9.17, 15) is 4.79 Å². The van der Waals surface area contributed by atoms with Crippen LogP contribution >= 0.6 is 0 Å². The Balaban J connectivity index is 3.28. The lowest BCUT2D eigenvalue weighted by molar-refractivity contribution is -0.137. The van der Waals surface area contributed by atoms with Crippen LogP contribution in [0.15, 0.2) is 17.9 Å². The molecule has 0 aromatic heterocycles. The Bertz CT molecular complexity index is 176. The Morgan fingerprint density at radius 3 is 2.45 bits per heavy atom. The van der Waals surface area contributed by atoms with Crippen LogP contribution in [0.1, 0.15) is 32.6 Å². The van der Waals surface area contributed by atoms with Crippen LogP contribution < -0.4 is 0 Å². The van der Waals surface area contributed by atoms with Crippen LogP contribution in [0.4, 0.5) is 0 Å². The van der Waals surface area contributed by atoms with Crippen LogP contribution in [-0.2, 0) is 4.79 Å². The second-order valence-corrected chi connectivity index (χ2v) is 2.56. The van der Waals surface area contributed by atoms with Crippen molar-refractivity contribution in [2.24, 2.45) is 0 Å². The number of rotatable bonds is 5. The fourth-order valence-electron chi connectivity index (χ4n) is 0.755. The highest BCUT2D eigenvalue weighted by atomic mass is 16.4. The molecule has 0 rings (SSSR count). The van der Waals surface area contributed by atoms with Crippen LogP contribution in [0.5, 0.6) is 0 Å². The minimum absolute atomic E-state index is 0.268. The van der Waals surface area contributed by atoms with Crippen molar-refractivity contribution in [2.45, 2.75) is 32.6 Å². The highest BCUT2D eigenvalue weighted by molar-refractivity contribution is 5.66. The molecule has 0 aromatic carbocycles. The second-order valence-electron chi connectivity index (χ2n) is 2.56. The quantitative estimate of drug-likeness (QED) is 0.487. The molecule has 0 amide bonds. The van der Waals surface area contributed by atoms with Gasteiger partial charge in [0, 0.05) is 6.42 Å². The molecular formula is C9H14O2. The molecule has 0 saturated heterocycles. The van der Waals surface area contributed by atoms with Crippen molar-refractivity contribution in [1.29, 1.82) is 0 Å². The summed E-state index contributed by atoms with van der Waals surface area (Å²) in [7, 11) is 0. The van der Waals surface area contributed by atoms with Gasteiger partial charge in [0.2, 0.25) is 0 Å². The number of allylic oxidation sites excluding steroid dienone is 1. The predicted octanol–water partition coefficient (Wildman–Crippen LogP) is 2.36. The van der Waals surface area contributed by atoms with Gasteiger partial charge < -0.3 is 5.11 Å². The van der Waals surface area contributed by atoms with Crippen molar-refractivity contribution in [1.82, 2.24) is 0 Å². The van der Waals surface area contributed by atoms with E-state index in [4.69, 9.17) is 5.11 Å². The summed E-state index contributed by atoms with van der Waals surface area (Å²) >= 11 is 0. The molecule has 0 aliphatic carbocycles. The molecule has 0 radical (unpaired) electrons. The van der Waals surface area contributed by atoms with Crippen molar-refractivity contribution >= 4 is 5.97 Å². The summed E-state index contributed by atoms with van der Waals surface area (Å²) in [6.07, 6.45) is 2.84. The van der Waals surface area contributed by atoms with Gasteiger partial charge in [-0.1, -0.05) is 6.58 Å². The fraction of sp³-hybridized carbons (Fsp3) is 0.556. The summed E-state index contributed by atoms with van der Waals surface area (Å²) in [6, 6.07) is 0. The minimum atomic E-state index is -0.717. The van der Waals surface area contributed by atoms with E-state index in [-0.39, 0.29) is 6.42 Å². The van der Waals surface area contributed by atoms with Crippen LogP contribution in [0.2, 0.25) is 0 Å². The Labute approximate surface area is 67.2 Å². The van der Waals surface area contributed by atoms with E-state index >= 15 is 0 Å². The topological polar surface area (TPSA) is 37.3 Å². The van der Waals surface area contributed by atoms with E-state index in [0.29, 0.717) is 0 Å². The molecule has 0 spiro atoms. The first-order chi connectivity index (χ1) is 5.16. The van der Waals surface area contributed by atoms with Gasteiger partial charge in [0.25, 0.3) is 0 Å². The molecule has 0 aliphatic heterocycles. The van der Waals surface area contributed by atoms with Crippen molar-refractivity contribution in [3.63, 3.8) is 0 Å². The molecule has 0 atom stereocenters. The average Bonchev–Trinajstić information content (AvgIpc) is 1.97. The number of carbonyl (C=O) groups is 1. The van der Waals surface area contributed by atoms with Crippen molar-refractivity contribution in [2.75, 3.05) is 0 Å². The molecular weight excluding hydrogens is 140 g/mol. The van der Waals surface area contributed by atoms with Crippen molar-refractivity contribution in [3.05, 3.63) is 17.9 Å². The lowest BCUT2D eigenvalue weighted by Crippen LogP contribution is -1.93. The summed E-state index contributed by atoms with van der Waals surface area (Å²) in [4.78, 5) is 10.1. The first kappa shape index (κ1) is 9.99. The van der Waals surface area contributed by atoms with Gasteiger partial charge in [0.1, 0.15) is 0 Å².